The van der Waals surface area contributed by atoms with Gasteiger partial charge in [0.25, 0.3) is 0 Å². The number of hydrogen-bond acceptors (Lipinski definition) is 0. The topological polar surface area (TPSA) is 23.8 Å². The van der Waals surface area contributed by atoms with Gasteiger partial charge in [-0.2, -0.15) is 0 Å². The van der Waals surface area contributed by atoms with Gasteiger partial charge in [0.2, 0.25) is 0 Å². The Hall–Kier alpha value is -1.05. The molecule has 0 unspecified atom stereocenters. The average Bonchev–Trinajstić information content (AvgIpc) is 1.83. The summed E-state index contributed by atoms with van der Waals surface area (Å²) < 4.78 is 12.4. The van der Waals surface area contributed by atoms with Crippen LogP contribution in [0, 0.1) is 12.7 Å². The summed E-state index contributed by atoms with van der Waals surface area (Å²) in [5.41, 5.74) is 7.74. The molecule has 0 aliphatic rings. The molecule has 1 aromatic rings. The van der Waals surface area contributed by atoms with E-state index in [1.54, 1.807) is 19.1 Å². The van der Waals surface area contributed by atoms with Crippen molar-refractivity contribution < 1.29 is 4.39 Å². The molecule has 0 aliphatic heterocycles. The van der Waals surface area contributed by atoms with Crippen molar-refractivity contribution in [2.45, 2.75) is 6.92 Å². The van der Waals surface area contributed by atoms with E-state index in [2.05, 4.69) is 0 Å². The fourth-order valence-electron chi connectivity index (χ4n) is 0.632. The lowest BCUT2D eigenvalue weighted by Crippen LogP contribution is -1.81. The Kier molecular flexibility index (Phi) is 1.39. The quantitative estimate of drug-likeness (QED) is 0.505. The van der Waals surface area contributed by atoms with Crippen molar-refractivity contribution in [1.29, 1.82) is 0 Å². The van der Waals surface area contributed by atoms with Gasteiger partial charge < -0.3 is 0 Å². The van der Waals surface area contributed by atoms with E-state index in [1.807, 2.05) is 0 Å². The minimum Gasteiger partial charge on any atom is -0.298 e. The Morgan fingerprint density at radius 2 is 2.11 bits per heavy atom. The monoisotopic (exact) mass is 124 g/mol. The molecule has 1 N–H and O–H groups in total. The summed E-state index contributed by atoms with van der Waals surface area (Å²) in [5, 5.41) is 0. The Balaban J connectivity index is 3.25. The fourth-order valence-corrected chi connectivity index (χ4v) is 0.632. The van der Waals surface area contributed by atoms with Gasteiger partial charge in [-0.1, -0.05) is 12.1 Å². The van der Waals surface area contributed by atoms with Crippen LogP contribution in [-0.2, 0) is 0 Å². The predicted molar refractivity (Wildman–Crippen MR) is 33.9 cm³/mol. The van der Waals surface area contributed by atoms with Gasteiger partial charge in [-0.15, -0.1) is 0 Å². The molecule has 1 nitrogen and oxygen atoms in total. The molecule has 0 atom stereocenters. The number of aryl methyl sites for hydroxylation is 1. The Morgan fingerprint density at radius 3 is 2.56 bits per heavy atom. The molecule has 0 saturated carbocycles. The van der Waals surface area contributed by atoms with Gasteiger partial charge in [0.1, 0.15) is 5.82 Å². The largest absolute Gasteiger partial charge is 0.298 e. The van der Waals surface area contributed by atoms with Crippen molar-refractivity contribution in [3.8, 4) is 0 Å². The van der Waals surface area contributed by atoms with E-state index < -0.39 is 5.82 Å². The molecule has 0 aromatic heterocycles. The second-order valence-corrected chi connectivity index (χ2v) is 1.93. The third-order valence-electron chi connectivity index (χ3n) is 1.22. The molecule has 0 saturated heterocycles. The lowest BCUT2D eigenvalue weighted by atomic mass is 10.2. The van der Waals surface area contributed by atoms with E-state index in [9.17, 15) is 4.39 Å². The molecular weight excluding hydrogens is 117 g/mol. The normalized spacial score (nSPS) is 9.56. The molecule has 47 valence electrons. The summed E-state index contributed by atoms with van der Waals surface area (Å²) >= 11 is 0. The minimum atomic E-state index is -0.449. The molecule has 0 fully saturated rings. The van der Waals surface area contributed by atoms with Crippen molar-refractivity contribution in [3.05, 3.63) is 29.6 Å². The van der Waals surface area contributed by atoms with Crippen molar-refractivity contribution in [2.24, 2.45) is 0 Å². The second kappa shape index (κ2) is 2.05. The highest BCUT2D eigenvalue weighted by atomic mass is 19.1. The third-order valence-corrected chi connectivity index (χ3v) is 1.22. The number of rotatable bonds is 0. The zero-order chi connectivity index (χ0) is 6.85. The van der Waals surface area contributed by atoms with Crippen molar-refractivity contribution in [1.82, 2.24) is 5.73 Å². The van der Waals surface area contributed by atoms with Gasteiger partial charge in [-0.25, -0.2) is 4.39 Å². The number of halogens is 1. The highest BCUT2D eigenvalue weighted by Crippen LogP contribution is 2.14. The molecule has 0 amide bonds. The van der Waals surface area contributed by atoms with Gasteiger partial charge in [0, 0.05) is 0 Å². The minimum absolute atomic E-state index is 0.00231. The van der Waals surface area contributed by atoms with Gasteiger partial charge in [0.15, 0.2) is 0 Å². The maximum absolute atomic E-state index is 12.4. The van der Waals surface area contributed by atoms with Crippen LogP contribution in [-0.4, -0.2) is 0 Å². The second-order valence-electron chi connectivity index (χ2n) is 1.93. The first-order valence-corrected chi connectivity index (χ1v) is 2.68. The van der Waals surface area contributed by atoms with Gasteiger partial charge in [-0.3, -0.25) is 5.73 Å². The lowest BCUT2D eigenvalue weighted by Gasteiger charge is -1.96. The van der Waals surface area contributed by atoms with Gasteiger partial charge >= 0.3 is 0 Å². The van der Waals surface area contributed by atoms with Crippen molar-refractivity contribution in [2.75, 3.05) is 0 Å². The van der Waals surface area contributed by atoms with Crippen LogP contribution in [0.5, 0.6) is 0 Å². The van der Waals surface area contributed by atoms with Crippen molar-refractivity contribution >= 4 is 5.69 Å². The Labute approximate surface area is 53.3 Å². The van der Waals surface area contributed by atoms with Crippen LogP contribution < -0.4 is 5.73 Å². The summed E-state index contributed by atoms with van der Waals surface area (Å²) in [4.78, 5) is 0. The molecule has 1 rings (SSSR count). The molecular formula is C7H7FN. The molecule has 9 heavy (non-hydrogen) atoms. The molecule has 0 spiro atoms. The first kappa shape index (κ1) is 6.08. The van der Waals surface area contributed by atoms with Crippen LogP contribution in [0.15, 0.2) is 18.2 Å². The van der Waals surface area contributed by atoms with Crippen LogP contribution in [0.3, 0.4) is 0 Å². The summed E-state index contributed by atoms with van der Waals surface area (Å²) in [5.74, 6) is -0.449. The van der Waals surface area contributed by atoms with Crippen LogP contribution in [0.25, 0.3) is 0 Å². The summed E-state index contributed by atoms with van der Waals surface area (Å²) in [7, 11) is 0. The van der Waals surface area contributed by atoms with Crippen LogP contribution in [0.4, 0.5) is 10.1 Å². The first-order chi connectivity index (χ1) is 4.22. The smallest absolute Gasteiger partial charge is 0.148 e. The van der Waals surface area contributed by atoms with Crippen LogP contribution in [0.1, 0.15) is 5.56 Å². The summed E-state index contributed by atoms with van der Waals surface area (Å²) in [6, 6.07) is 4.60. The number of nitrogens with one attached hydrogen (secondary N) is 1. The van der Waals surface area contributed by atoms with E-state index in [1.165, 1.54) is 6.07 Å². The maximum Gasteiger partial charge on any atom is 0.148 e. The predicted octanol–water partition coefficient (Wildman–Crippen LogP) is 2.05. The molecule has 2 heteroatoms. The van der Waals surface area contributed by atoms with Crippen LogP contribution >= 0.6 is 0 Å². The zero-order valence-corrected chi connectivity index (χ0v) is 5.11. The Morgan fingerprint density at radius 1 is 1.44 bits per heavy atom. The van der Waals surface area contributed by atoms with Crippen LogP contribution in [0.2, 0.25) is 0 Å². The van der Waals surface area contributed by atoms with Crippen molar-refractivity contribution in [3.63, 3.8) is 0 Å². The number of hydrogen-bond donors (Lipinski definition) is 0. The summed E-state index contributed by atoms with van der Waals surface area (Å²) in [6.45, 7) is 1.71. The van der Waals surface area contributed by atoms with E-state index in [4.69, 9.17) is 5.73 Å². The van der Waals surface area contributed by atoms with E-state index in [-0.39, 0.29) is 5.69 Å². The highest BCUT2D eigenvalue weighted by Gasteiger charge is 1.97. The fraction of sp³-hybridized carbons (Fsp3) is 0.143. The standard InChI is InChI=1S/C7H7FN/c1-5-3-2-4-6(8)7(5)9/h2-4,9H,1H3. The molecule has 1 radical (unpaired) electrons. The van der Waals surface area contributed by atoms with Gasteiger partial charge in [-0.05, 0) is 18.6 Å². The highest BCUT2D eigenvalue weighted by molar-refractivity contribution is 5.43. The lowest BCUT2D eigenvalue weighted by molar-refractivity contribution is 0.627. The maximum atomic E-state index is 12.4. The first-order valence-electron chi connectivity index (χ1n) is 2.68. The third kappa shape index (κ3) is 1.02. The van der Waals surface area contributed by atoms with Gasteiger partial charge in [0.05, 0.1) is 5.69 Å². The SMILES string of the molecule is Cc1cccc(F)c1[NH]. The zero-order valence-electron chi connectivity index (χ0n) is 5.11. The average molecular weight is 124 g/mol. The molecule has 1 aromatic carbocycles. The van der Waals surface area contributed by atoms with E-state index in [0.29, 0.717) is 5.56 Å². The number of benzene rings is 1. The molecule has 0 aliphatic carbocycles. The summed E-state index contributed by atoms with van der Waals surface area (Å²) in [6.07, 6.45) is 0. The Bertz CT molecular complexity index is 200. The van der Waals surface area contributed by atoms with E-state index in [0.717, 1.165) is 0 Å². The molecule has 0 heterocycles. The molecule has 0 bridgehead atoms. The van der Waals surface area contributed by atoms with E-state index >= 15 is 0 Å².